The van der Waals surface area contributed by atoms with Gasteiger partial charge in [-0.2, -0.15) is 0 Å². The smallest absolute Gasteiger partial charge is 0.0431 e. The van der Waals surface area contributed by atoms with Gasteiger partial charge in [-0.15, -0.1) is 0 Å². The fourth-order valence-corrected chi connectivity index (χ4v) is 3.21. The summed E-state index contributed by atoms with van der Waals surface area (Å²) in [5.74, 6) is 0. The maximum atomic E-state index is 8.29. The van der Waals surface area contributed by atoms with Crippen molar-refractivity contribution in [1.82, 2.24) is 0 Å². The minimum Gasteiger partial charge on any atom is -0.396 e. The Morgan fingerprint density at radius 1 is 0.609 bits per heavy atom. The second-order valence-electron chi connectivity index (χ2n) is 6.07. The van der Waals surface area contributed by atoms with Gasteiger partial charge >= 0.3 is 0 Å². The molecule has 4 rings (SSSR count). The molecule has 23 heavy (non-hydrogen) atoms. The van der Waals surface area contributed by atoms with E-state index in [0.717, 1.165) is 6.42 Å². The predicted molar refractivity (Wildman–Crippen MR) is 101 cm³/mol. The molecule has 0 amide bonds. The van der Waals surface area contributed by atoms with Crippen molar-refractivity contribution in [2.75, 3.05) is 6.61 Å². The molecule has 118 valence electrons. The molecule has 0 aliphatic rings. The van der Waals surface area contributed by atoms with E-state index in [0.29, 0.717) is 6.61 Å². The van der Waals surface area contributed by atoms with Crippen LogP contribution in [0.15, 0.2) is 60.7 Å². The molecule has 4 aromatic carbocycles. The lowest BCUT2D eigenvalue weighted by Gasteiger charge is -2.09. The van der Waals surface area contributed by atoms with E-state index in [1.54, 1.807) is 0 Å². The van der Waals surface area contributed by atoms with Gasteiger partial charge < -0.3 is 5.11 Å². The average molecular weight is 304 g/mol. The van der Waals surface area contributed by atoms with E-state index in [9.17, 15) is 0 Å². The first-order valence-electron chi connectivity index (χ1n) is 8.58. The molecule has 1 heteroatoms. The van der Waals surface area contributed by atoms with Crippen LogP contribution in [-0.4, -0.2) is 11.7 Å². The quantitative estimate of drug-likeness (QED) is 0.354. The van der Waals surface area contributed by atoms with Gasteiger partial charge in [0.25, 0.3) is 0 Å². The Morgan fingerprint density at radius 3 is 1.39 bits per heavy atom. The van der Waals surface area contributed by atoms with Crippen molar-refractivity contribution in [3.05, 3.63) is 60.7 Å². The zero-order valence-electron chi connectivity index (χ0n) is 13.8. The van der Waals surface area contributed by atoms with Crippen molar-refractivity contribution in [3.8, 4) is 0 Å². The second-order valence-corrected chi connectivity index (χ2v) is 6.07. The predicted octanol–water partition coefficient (Wildman–Crippen LogP) is 6.14. The van der Waals surface area contributed by atoms with Gasteiger partial charge in [-0.3, -0.25) is 0 Å². The lowest BCUT2D eigenvalue weighted by molar-refractivity contribution is 0.283. The van der Waals surface area contributed by atoms with Crippen molar-refractivity contribution in [1.29, 1.82) is 0 Å². The zero-order valence-corrected chi connectivity index (χ0v) is 13.8. The van der Waals surface area contributed by atoms with Crippen LogP contribution in [0.25, 0.3) is 32.3 Å². The number of hydrogen-bond donors (Lipinski definition) is 1. The summed E-state index contributed by atoms with van der Waals surface area (Å²) in [6.45, 7) is 2.53. The van der Waals surface area contributed by atoms with E-state index in [-0.39, 0.29) is 0 Å². The Kier molecular flexibility index (Phi) is 5.09. The molecule has 0 saturated heterocycles. The molecule has 0 heterocycles. The number of benzene rings is 4. The summed E-state index contributed by atoms with van der Waals surface area (Å²) >= 11 is 0. The van der Waals surface area contributed by atoms with Crippen LogP contribution in [-0.2, 0) is 0 Å². The van der Waals surface area contributed by atoms with Crippen molar-refractivity contribution in [3.63, 3.8) is 0 Å². The molecular formula is C22H24O. The first-order chi connectivity index (χ1) is 11.3. The number of aliphatic hydroxyl groups excluding tert-OH is 1. The van der Waals surface area contributed by atoms with Crippen LogP contribution in [0.5, 0.6) is 0 Å². The second kappa shape index (κ2) is 7.43. The van der Waals surface area contributed by atoms with Gasteiger partial charge in [-0.05, 0) is 38.7 Å². The van der Waals surface area contributed by atoms with Crippen LogP contribution < -0.4 is 0 Å². The highest BCUT2D eigenvalue weighted by Gasteiger charge is 2.05. The molecule has 0 bridgehead atoms. The minimum absolute atomic E-state index is 0.361. The van der Waals surface area contributed by atoms with Crippen molar-refractivity contribution in [2.24, 2.45) is 0 Å². The number of hydrogen-bond acceptors (Lipinski definition) is 1. The zero-order chi connectivity index (χ0) is 16.1. The van der Waals surface area contributed by atoms with Crippen LogP contribution in [0.2, 0.25) is 0 Å². The molecule has 0 radical (unpaired) electrons. The molecule has 0 unspecified atom stereocenters. The number of unbranched alkanes of at least 4 members (excludes halogenated alkanes) is 3. The number of aliphatic hydroxyl groups is 1. The molecule has 1 N–H and O–H groups in total. The van der Waals surface area contributed by atoms with Crippen LogP contribution >= 0.6 is 0 Å². The van der Waals surface area contributed by atoms with Gasteiger partial charge in [-0.1, -0.05) is 86.8 Å². The van der Waals surface area contributed by atoms with Crippen LogP contribution in [0.3, 0.4) is 0 Å². The average Bonchev–Trinajstić information content (AvgIpc) is 2.61. The van der Waals surface area contributed by atoms with Gasteiger partial charge in [0.05, 0.1) is 0 Å². The first-order valence-corrected chi connectivity index (χ1v) is 8.58. The van der Waals surface area contributed by atoms with Crippen molar-refractivity contribution < 1.29 is 5.11 Å². The van der Waals surface area contributed by atoms with E-state index in [4.69, 9.17) is 5.11 Å². The van der Waals surface area contributed by atoms with Gasteiger partial charge in [0, 0.05) is 6.61 Å². The largest absolute Gasteiger partial charge is 0.396 e. The molecule has 1 nitrogen and oxygen atoms in total. The van der Waals surface area contributed by atoms with Gasteiger partial charge in [0.1, 0.15) is 0 Å². The lowest BCUT2D eigenvalue weighted by Crippen LogP contribution is -1.82. The summed E-state index contributed by atoms with van der Waals surface area (Å²) < 4.78 is 0. The fraction of sp³-hybridized carbons (Fsp3) is 0.273. The molecule has 0 fully saturated rings. The SMILES string of the molecule is CCCCCCO.c1cc2ccc3cccc4ccc(c1)c2c34. The van der Waals surface area contributed by atoms with Crippen molar-refractivity contribution in [2.45, 2.75) is 32.6 Å². The minimum atomic E-state index is 0.361. The highest BCUT2D eigenvalue weighted by molar-refractivity contribution is 6.22. The van der Waals surface area contributed by atoms with Gasteiger partial charge in [0.2, 0.25) is 0 Å². The first kappa shape index (κ1) is 15.8. The van der Waals surface area contributed by atoms with E-state index in [1.807, 2.05) is 0 Å². The number of rotatable bonds is 4. The third-order valence-electron chi connectivity index (χ3n) is 4.40. The molecule has 0 atom stereocenters. The summed E-state index contributed by atoms with van der Waals surface area (Å²) in [5.41, 5.74) is 0. The summed E-state index contributed by atoms with van der Waals surface area (Å²) in [4.78, 5) is 0. The lowest BCUT2D eigenvalue weighted by atomic mass is 9.95. The topological polar surface area (TPSA) is 20.2 Å². The van der Waals surface area contributed by atoms with Crippen LogP contribution in [0.4, 0.5) is 0 Å². The maximum absolute atomic E-state index is 8.29. The summed E-state index contributed by atoms with van der Waals surface area (Å²) in [6.07, 6.45) is 4.68. The maximum Gasteiger partial charge on any atom is 0.0431 e. The summed E-state index contributed by atoms with van der Waals surface area (Å²) in [6, 6.07) is 21.9. The Bertz CT molecular complexity index is 745. The molecule has 0 aliphatic carbocycles. The Morgan fingerprint density at radius 2 is 1.04 bits per heavy atom. The molecular weight excluding hydrogens is 280 g/mol. The van der Waals surface area contributed by atoms with E-state index in [1.165, 1.54) is 51.6 Å². The normalized spacial score (nSPS) is 11.0. The Balaban J connectivity index is 0.000000193. The van der Waals surface area contributed by atoms with Crippen LogP contribution in [0, 0.1) is 0 Å². The molecule has 4 aromatic rings. The summed E-state index contributed by atoms with van der Waals surface area (Å²) in [5, 5.41) is 16.4. The fourth-order valence-electron chi connectivity index (χ4n) is 3.21. The third-order valence-corrected chi connectivity index (χ3v) is 4.40. The standard InChI is InChI=1S/C16H10.C6H14O/c1-3-11-7-9-13-5-2-6-14-10-8-12(4-1)15(11)16(13)14;1-2-3-4-5-6-7/h1-10H;7H,2-6H2,1H3. The summed E-state index contributed by atoms with van der Waals surface area (Å²) in [7, 11) is 0. The van der Waals surface area contributed by atoms with Crippen LogP contribution in [0.1, 0.15) is 32.6 Å². The molecule has 0 spiro atoms. The van der Waals surface area contributed by atoms with Crippen molar-refractivity contribution >= 4 is 32.3 Å². The van der Waals surface area contributed by atoms with Gasteiger partial charge in [-0.25, -0.2) is 0 Å². The highest BCUT2D eigenvalue weighted by atomic mass is 16.2. The highest BCUT2D eigenvalue weighted by Crippen LogP contribution is 2.33. The Labute approximate surface area is 137 Å². The van der Waals surface area contributed by atoms with E-state index < -0.39 is 0 Å². The third kappa shape index (κ3) is 3.30. The van der Waals surface area contributed by atoms with E-state index in [2.05, 4.69) is 67.6 Å². The van der Waals surface area contributed by atoms with Gasteiger partial charge in [0.15, 0.2) is 0 Å². The monoisotopic (exact) mass is 304 g/mol. The molecule has 0 aromatic heterocycles. The Hall–Kier alpha value is -2.12. The molecule has 0 aliphatic heterocycles. The van der Waals surface area contributed by atoms with E-state index >= 15 is 0 Å². The molecule has 0 saturated carbocycles.